The smallest absolute Gasteiger partial charge is 0.416 e. The van der Waals surface area contributed by atoms with Crippen molar-refractivity contribution in [1.82, 2.24) is 10.2 Å². The van der Waals surface area contributed by atoms with Gasteiger partial charge >= 0.3 is 6.18 Å². The number of halogens is 3. The fourth-order valence-corrected chi connectivity index (χ4v) is 2.12. The molecule has 2 aromatic carbocycles. The monoisotopic (exact) mass is 347 g/mol. The number of amides is 1. The van der Waals surface area contributed by atoms with Crippen LogP contribution in [0.2, 0.25) is 0 Å². The molecule has 0 saturated heterocycles. The van der Waals surface area contributed by atoms with Crippen LogP contribution >= 0.6 is 0 Å². The van der Waals surface area contributed by atoms with Gasteiger partial charge in [-0.25, -0.2) is 0 Å². The van der Waals surface area contributed by atoms with Crippen LogP contribution in [0.3, 0.4) is 0 Å². The van der Waals surface area contributed by atoms with Gasteiger partial charge in [0.05, 0.1) is 5.56 Å². The number of nitrogens with one attached hydrogen (secondary N) is 1. The van der Waals surface area contributed by atoms with Gasteiger partial charge in [0.25, 0.3) is 5.91 Å². The number of rotatable bonds is 3. The number of carbonyl (C=O) groups is 1. The van der Waals surface area contributed by atoms with Crippen molar-refractivity contribution in [2.75, 3.05) is 5.32 Å². The van der Waals surface area contributed by atoms with Crippen LogP contribution in [-0.4, -0.2) is 16.1 Å². The SMILES string of the molecule is Cc1nnc(-c2ccc(NC(=O)c3ccc(C(F)(F)F)cc3)cc2)o1. The minimum Gasteiger partial charge on any atom is -0.421 e. The molecule has 1 heterocycles. The van der Waals surface area contributed by atoms with Gasteiger partial charge in [-0.05, 0) is 48.5 Å². The normalized spacial score (nSPS) is 11.4. The minimum absolute atomic E-state index is 0.129. The molecule has 1 aromatic heterocycles. The lowest BCUT2D eigenvalue weighted by molar-refractivity contribution is -0.137. The first-order valence-electron chi connectivity index (χ1n) is 7.22. The largest absolute Gasteiger partial charge is 0.421 e. The van der Waals surface area contributed by atoms with Gasteiger partial charge in [0.2, 0.25) is 11.8 Å². The molecular formula is C17H12F3N3O2. The summed E-state index contributed by atoms with van der Waals surface area (Å²) in [7, 11) is 0. The molecule has 0 unspecified atom stereocenters. The van der Waals surface area contributed by atoms with E-state index in [0.717, 1.165) is 24.3 Å². The Kier molecular flexibility index (Phi) is 4.26. The number of anilines is 1. The third kappa shape index (κ3) is 3.85. The molecular weight excluding hydrogens is 335 g/mol. The number of benzene rings is 2. The van der Waals surface area contributed by atoms with Crippen LogP contribution < -0.4 is 5.32 Å². The van der Waals surface area contributed by atoms with Crippen molar-refractivity contribution in [1.29, 1.82) is 0 Å². The highest BCUT2D eigenvalue weighted by atomic mass is 19.4. The Bertz CT molecular complexity index is 885. The molecule has 3 rings (SSSR count). The van der Waals surface area contributed by atoms with Gasteiger partial charge in [0, 0.05) is 23.7 Å². The maximum absolute atomic E-state index is 12.5. The Morgan fingerprint density at radius 3 is 2.16 bits per heavy atom. The lowest BCUT2D eigenvalue weighted by Crippen LogP contribution is -2.12. The molecule has 0 aliphatic heterocycles. The second-order valence-corrected chi connectivity index (χ2v) is 5.23. The molecule has 1 N–H and O–H groups in total. The average Bonchev–Trinajstić information content (AvgIpc) is 3.01. The zero-order valence-corrected chi connectivity index (χ0v) is 13.0. The van der Waals surface area contributed by atoms with Gasteiger partial charge < -0.3 is 9.73 Å². The highest BCUT2D eigenvalue weighted by Gasteiger charge is 2.30. The first-order valence-corrected chi connectivity index (χ1v) is 7.22. The molecule has 25 heavy (non-hydrogen) atoms. The highest BCUT2D eigenvalue weighted by Crippen LogP contribution is 2.29. The summed E-state index contributed by atoms with van der Waals surface area (Å²) >= 11 is 0. The molecule has 128 valence electrons. The first-order chi connectivity index (χ1) is 11.8. The van der Waals surface area contributed by atoms with Crippen molar-refractivity contribution in [2.45, 2.75) is 13.1 Å². The lowest BCUT2D eigenvalue weighted by Gasteiger charge is -2.08. The topological polar surface area (TPSA) is 68.0 Å². The van der Waals surface area contributed by atoms with Gasteiger partial charge in [-0.2, -0.15) is 13.2 Å². The number of hydrogen-bond donors (Lipinski definition) is 1. The predicted octanol–water partition coefficient (Wildman–Crippen LogP) is 4.32. The zero-order chi connectivity index (χ0) is 18.0. The van der Waals surface area contributed by atoms with Crippen LogP contribution in [0.1, 0.15) is 21.8 Å². The van der Waals surface area contributed by atoms with Crippen LogP contribution in [0.15, 0.2) is 52.9 Å². The average molecular weight is 347 g/mol. The van der Waals surface area contributed by atoms with E-state index in [9.17, 15) is 18.0 Å². The van der Waals surface area contributed by atoms with E-state index in [0.29, 0.717) is 23.0 Å². The van der Waals surface area contributed by atoms with Crippen LogP contribution in [0.4, 0.5) is 18.9 Å². The summed E-state index contributed by atoms with van der Waals surface area (Å²) in [6.07, 6.45) is -4.43. The predicted molar refractivity (Wildman–Crippen MR) is 83.9 cm³/mol. The Morgan fingerprint density at radius 1 is 1.00 bits per heavy atom. The third-order valence-electron chi connectivity index (χ3n) is 3.39. The molecule has 0 bridgehead atoms. The number of aromatic nitrogens is 2. The lowest BCUT2D eigenvalue weighted by atomic mass is 10.1. The maximum atomic E-state index is 12.5. The van der Waals surface area contributed by atoms with E-state index < -0.39 is 17.6 Å². The molecule has 0 aliphatic carbocycles. The van der Waals surface area contributed by atoms with Crippen molar-refractivity contribution < 1.29 is 22.4 Å². The summed E-state index contributed by atoms with van der Waals surface area (Å²) < 4.78 is 42.9. The van der Waals surface area contributed by atoms with E-state index in [1.54, 1.807) is 31.2 Å². The summed E-state index contributed by atoms with van der Waals surface area (Å²) in [5, 5.41) is 10.2. The minimum atomic E-state index is -4.43. The van der Waals surface area contributed by atoms with Crippen LogP contribution in [-0.2, 0) is 6.18 Å². The van der Waals surface area contributed by atoms with Crippen molar-refractivity contribution in [3.05, 3.63) is 65.5 Å². The van der Waals surface area contributed by atoms with Crippen molar-refractivity contribution in [3.63, 3.8) is 0 Å². The second-order valence-electron chi connectivity index (χ2n) is 5.23. The number of hydrogen-bond acceptors (Lipinski definition) is 4. The van der Waals surface area contributed by atoms with Gasteiger partial charge in [-0.3, -0.25) is 4.79 Å². The summed E-state index contributed by atoms with van der Waals surface area (Å²) in [5.74, 6) is 0.294. The van der Waals surface area contributed by atoms with Crippen molar-refractivity contribution in [3.8, 4) is 11.5 Å². The van der Waals surface area contributed by atoms with E-state index in [1.807, 2.05) is 0 Å². The Labute approximate surface area is 140 Å². The van der Waals surface area contributed by atoms with Gasteiger partial charge in [0.15, 0.2) is 0 Å². The van der Waals surface area contributed by atoms with Gasteiger partial charge in [-0.15, -0.1) is 10.2 Å². The third-order valence-corrected chi connectivity index (χ3v) is 3.39. The molecule has 1 amide bonds. The second kappa shape index (κ2) is 6.39. The molecule has 0 aliphatic rings. The fraction of sp³-hybridized carbons (Fsp3) is 0.118. The molecule has 0 atom stereocenters. The summed E-state index contributed by atoms with van der Waals surface area (Å²) in [6, 6.07) is 10.7. The molecule has 3 aromatic rings. The number of nitrogens with zero attached hydrogens (tertiary/aromatic N) is 2. The summed E-state index contributed by atoms with van der Waals surface area (Å²) in [5.41, 5.74) is 0.505. The number of carbonyl (C=O) groups excluding carboxylic acids is 1. The van der Waals surface area contributed by atoms with Gasteiger partial charge in [-0.1, -0.05) is 0 Å². The molecule has 0 spiro atoms. The quantitative estimate of drug-likeness (QED) is 0.766. The molecule has 8 heteroatoms. The van der Waals surface area contributed by atoms with E-state index in [2.05, 4.69) is 15.5 Å². The van der Waals surface area contributed by atoms with Crippen LogP contribution in [0.5, 0.6) is 0 Å². The van der Waals surface area contributed by atoms with E-state index in [1.165, 1.54) is 0 Å². The Morgan fingerprint density at radius 2 is 1.64 bits per heavy atom. The highest BCUT2D eigenvalue weighted by molar-refractivity contribution is 6.04. The molecule has 0 fully saturated rings. The van der Waals surface area contributed by atoms with Crippen LogP contribution in [0.25, 0.3) is 11.5 Å². The van der Waals surface area contributed by atoms with E-state index >= 15 is 0 Å². The first kappa shape index (κ1) is 16.7. The maximum Gasteiger partial charge on any atom is 0.416 e. The molecule has 0 saturated carbocycles. The van der Waals surface area contributed by atoms with Crippen molar-refractivity contribution in [2.24, 2.45) is 0 Å². The van der Waals surface area contributed by atoms with Crippen LogP contribution in [0, 0.1) is 6.92 Å². The number of aryl methyl sites for hydroxylation is 1. The summed E-state index contributed by atoms with van der Waals surface area (Å²) in [6.45, 7) is 1.68. The van der Waals surface area contributed by atoms with Crippen molar-refractivity contribution >= 4 is 11.6 Å². The molecule has 0 radical (unpaired) electrons. The number of alkyl halides is 3. The molecule has 5 nitrogen and oxygen atoms in total. The summed E-state index contributed by atoms with van der Waals surface area (Å²) in [4.78, 5) is 12.1. The Balaban J connectivity index is 1.70. The van der Waals surface area contributed by atoms with Gasteiger partial charge in [0.1, 0.15) is 0 Å². The standard InChI is InChI=1S/C17H12F3N3O2/c1-10-22-23-16(25-10)12-4-8-14(9-5-12)21-15(24)11-2-6-13(7-3-11)17(18,19)20/h2-9H,1H3,(H,21,24). The van der Waals surface area contributed by atoms with E-state index in [-0.39, 0.29) is 5.56 Å². The van der Waals surface area contributed by atoms with E-state index in [4.69, 9.17) is 4.42 Å². The fourth-order valence-electron chi connectivity index (χ4n) is 2.12. The zero-order valence-electron chi connectivity index (χ0n) is 13.0. The Hall–Kier alpha value is -3.16.